The number of amides is 1. The van der Waals surface area contributed by atoms with Crippen LogP contribution in [0.15, 0.2) is 42.5 Å². The Labute approximate surface area is 172 Å². The number of carbonyl (C=O) groups excluding carboxylic acids is 1. The number of quaternary nitrogens is 1. The van der Waals surface area contributed by atoms with E-state index in [2.05, 4.69) is 19.1 Å². The van der Waals surface area contributed by atoms with Crippen LogP contribution in [0.25, 0.3) is 10.2 Å². The molecule has 0 bridgehead atoms. The van der Waals surface area contributed by atoms with Gasteiger partial charge in [-0.05, 0) is 18.2 Å². The molecular weight excluding hydrogens is 392 g/mol. The van der Waals surface area contributed by atoms with Gasteiger partial charge in [0.15, 0.2) is 5.13 Å². The molecule has 2 aromatic carbocycles. The van der Waals surface area contributed by atoms with Gasteiger partial charge in [-0.15, -0.1) is 0 Å². The number of methoxy groups -OCH3 is 1. The molecule has 0 aliphatic heterocycles. The summed E-state index contributed by atoms with van der Waals surface area (Å²) in [7, 11) is 5.70. The number of aromatic nitrogens is 1. The second-order valence-electron chi connectivity index (χ2n) is 6.90. The van der Waals surface area contributed by atoms with E-state index >= 15 is 0 Å². The van der Waals surface area contributed by atoms with Crippen LogP contribution >= 0.6 is 11.3 Å². The zero-order chi connectivity index (χ0) is 21.0. The lowest BCUT2D eigenvalue weighted by atomic mass is 10.1. The minimum absolute atomic E-state index is 0.109. The van der Waals surface area contributed by atoms with Crippen LogP contribution in [-0.2, 0) is 0 Å². The third kappa shape index (κ3) is 4.87. The molecule has 0 fully saturated rings. The molecule has 0 aliphatic carbocycles. The summed E-state index contributed by atoms with van der Waals surface area (Å²) in [6.45, 7) is 1.36. The maximum Gasteiger partial charge on any atom is 0.270 e. The largest absolute Gasteiger partial charge is 0.497 e. The van der Waals surface area contributed by atoms with E-state index in [9.17, 15) is 14.9 Å². The van der Waals surface area contributed by atoms with E-state index in [0.717, 1.165) is 23.2 Å². The van der Waals surface area contributed by atoms with Gasteiger partial charge in [-0.1, -0.05) is 17.4 Å². The lowest BCUT2D eigenvalue weighted by Crippen LogP contribution is -3.05. The fourth-order valence-electron chi connectivity index (χ4n) is 2.92. The summed E-state index contributed by atoms with van der Waals surface area (Å²) in [5.41, 5.74) is 0.912. The van der Waals surface area contributed by atoms with E-state index in [0.29, 0.717) is 17.4 Å². The molecule has 152 valence electrons. The Kier molecular flexibility index (Phi) is 6.40. The van der Waals surface area contributed by atoms with E-state index in [1.165, 1.54) is 34.4 Å². The average Bonchev–Trinajstić information content (AvgIpc) is 3.13. The van der Waals surface area contributed by atoms with Gasteiger partial charge < -0.3 is 9.64 Å². The number of nitrogens with zero attached hydrogens (tertiary/aromatic N) is 3. The summed E-state index contributed by atoms with van der Waals surface area (Å²) in [6, 6.07) is 11.4. The number of fused-ring (bicyclic) bond motifs is 1. The molecule has 0 spiro atoms. The molecule has 9 heteroatoms. The van der Waals surface area contributed by atoms with Gasteiger partial charge in [0, 0.05) is 36.7 Å². The minimum Gasteiger partial charge on any atom is -0.497 e. The van der Waals surface area contributed by atoms with Crippen molar-refractivity contribution in [3.05, 3.63) is 58.1 Å². The molecule has 1 N–H and O–H groups in total. The van der Waals surface area contributed by atoms with Crippen LogP contribution in [0, 0.1) is 10.1 Å². The maximum atomic E-state index is 13.2. The highest BCUT2D eigenvalue weighted by Crippen LogP contribution is 2.32. The fraction of sp³-hybridized carbons (Fsp3) is 0.300. The summed E-state index contributed by atoms with van der Waals surface area (Å²) in [5.74, 6) is 0.399. The molecular formula is C20H23N4O4S+. The lowest BCUT2D eigenvalue weighted by molar-refractivity contribution is -0.858. The third-order valence-corrected chi connectivity index (χ3v) is 5.48. The number of hydrogen-bond acceptors (Lipinski definition) is 6. The Morgan fingerprint density at radius 3 is 2.76 bits per heavy atom. The Morgan fingerprint density at radius 1 is 1.28 bits per heavy atom. The first kappa shape index (κ1) is 20.7. The van der Waals surface area contributed by atoms with Crippen molar-refractivity contribution < 1.29 is 19.4 Å². The average molecular weight is 415 g/mol. The van der Waals surface area contributed by atoms with Gasteiger partial charge in [-0.2, -0.15) is 0 Å². The number of anilines is 1. The van der Waals surface area contributed by atoms with Crippen LogP contribution in [0.4, 0.5) is 10.8 Å². The highest BCUT2D eigenvalue weighted by molar-refractivity contribution is 7.22. The second kappa shape index (κ2) is 8.97. The number of thiazole rings is 1. The molecule has 1 aromatic heterocycles. The van der Waals surface area contributed by atoms with Crippen LogP contribution in [-0.4, -0.2) is 50.1 Å². The van der Waals surface area contributed by atoms with E-state index in [4.69, 9.17) is 4.74 Å². The Balaban J connectivity index is 1.96. The van der Waals surface area contributed by atoms with Gasteiger partial charge in [0.25, 0.3) is 11.6 Å². The zero-order valence-electron chi connectivity index (χ0n) is 16.5. The molecule has 3 aromatic rings. The highest BCUT2D eigenvalue weighted by atomic mass is 32.1. The predicted octanol–water partition coefficient (Wildman–Crippen LogP) is 2.39. The van der Waals surface area contributed by atoms with Crippen molar-refractivity contribution in [3.8, 4) is 5.75 Å². The second-order valence-corrected chi connectivity index (χ2v) is 7.91. The topological polar surface area (TPSA) is 90.0 Å². The number of nitrogens with one attached hydrogen (secondary N) is 1. The quantitative estimate of drug-likeness (QED) is 0.451. The van der Waals surface area contributed by atoms with Crippen molar-refractivity contribution in [1.29, 1.82) is 0 Å². The smallest absolute Gasteiger partial charge is 0.270 e. The number of hydrogen-bond donors (Lipinski definition) is 1. The van der Waals surface area contributed by atoms with E-state index in [1.54, 1.807) is 18.1 Å². The Morgan fingerprint density at radius 2 is 2.07 bits per heavy atom. The minimum atomic E-state index is -0.500. The van der Waals surface area contributed by atoms with Crippen LogP contribution in [0.3, 0.4) is 0 Å². The standard InChI is InChI=1S/C20H22N4O4S/c1-22(2)10-5-11-23(19(25)14-6-4-7-15(12-14)24(26)27)20-21-17-13-16(28-3)8-9-18(17)29-20/h4,6-9,12-13H,5,10-11H2,1-3H3/p+1. The summed E-state index contributed by atoms with van der Waals surface area (Å²) >= 11 is 1.41. The van der Waals surface area contributed by atoms with E-state index < -0.39 is 4.92 Å². The number of carbonyl (C=O) groups is 1. The number of non-ortho nitro benzene ring substituents is 1. The molecule has 3 rings (SSSR count). The number of nitro groups is 1. The number of benzene rings is 2. The van der Waals surface area contributed by atoms with Crippen LogP contribution < -0.4 is 14.5 Å². The molecule has 29 heavy (non-hydrogen) atoms. The highest BCUT2D eigenvalue weighted by Gasteiger charge is 2.23. The first-order valence-electron chi connectivity index (χ1n) is 9.19. The molecule has 0 saturated carbocycles. The third-order valence-electron chi connectivity index (χ3n) is 4.42. The molecule has 1 amide bonds. The molecule has 8 nitrogen and oxygen atoms in total. The molecule has 1 heterocycles. The van der Waals surface area contributed by atoms with Crippen molar-refractivity contribution in [1.82, 2.24) is 4.98 Å². The van der Waals surface area contributed by atoms with Crippen LogP contribution in [0.2, 0.25) is 0 Å². The van der Waals surface area contributed by atoms with Crippen molar-refractivity contribution in [2.45, 2.75) is 6.42 Å². The molecule has 0 saturated heterocycles. The Hall–Kier alpha value is -3.04. The van der Waals surface area contributed by atoms with Crippen LogP contribution in [0.5, 0.6) is 5.75 Å². The van der Waals surface area contributed by atoms with Crippen molar-refractivity contribution in [2.24, 2.45) is 0 Å². The van der Waals surface area contributed by atoms with Crippen molar-refractivity contribution in [2.75, 3.05) is 39.2 Å². The summed E-state index contributed by atoms with van der Waals surface area (Å²) in [6.07, 6.45) is 0.780. The Bertz CT molecular complexity index is 1030. The summed E-state index contributed by atoms with van der Waals surface area (Å²) in [5, 5.41) is 11.7. The van der Waals surface area contributed by atoms with Crippen LogP contribution in [0.1, 0.15) is 16.8 Å². The maximum absolute atomic E-state index is 13.2. The normalized spacial score (nSPS) is 11.0. The monoisotopic (exact) mass is 415 g/mol. The van der Waals surface area contributed by atoms with Gasteiger partial charge in [0.05, 0.1) is 42.9 Å². The molecule has 0 atom stereocenters. The van der Waals surface area contributed by atoms with Gasteiger partial charge in [-0.25, -0.2) is 4.98 Å². The SMILES string of the molecule is COc1ccc2sc(N(CCC[NH+](C)C)C(=O)c3cccc([N+](=O)[O-])c3)nc2c1. The lowest BCUT2D eigenvalue weighted by Gasteiger charge is -2.20. The number of nitro benzene ring substituents is 1. The van der Waals surface area contributed by atoms with Gasteiger partial charge in [0.1, 0.15) is 5.75 Å². The summed E-state index contributed by atoms with van der Waals surface area (Å²) in [4.78, 5) is 31.3. The molecule has 0 radical (unpaired) electrons. The van der Waals surface area contributed by atoms with Gasteiger partial charge in [0.2, 0.25) is 0 Å². The first-order valence-corrected chi connectivity index (χ1v) is 10.0. The molecule has 0 unspecified atom stereocenters. The van der Waals surface area contributed by atoms with E-state index in [-0.39, 0.29) is 17.2 Å². The molecule has 0 aliphatic rings. The fourth-order valence-corrected chi connectivity index (χ4v) is 3.89. The van der Waals surface area contributed by atoms with Crippen molar-refractivity contribution in [3.63, 3.8) is 0 Å². The van der Waals surface area contributed by atoms with E-state index in [1.807, 2.05) is 18.2 Å². The first-order chi connectivity index (χ1) is 13.9. The van der Waals surface area contributed by atoms with Gasteiger partial charge in [-0.3, -0.25) is 19.8 Å². The predicted molar refractivity (Wildman–Crippen MR) is 113 cm³/mol. The number of rotatable bonds is 8. The zero-order valence-corrected chi connectivity index (χ0v) is 17.4. The summed E-state index contributed by atoms with van der Waals surface area (Å²) < 4.78 is 6.19. The van der Waals surface area contributed by atoms with Gasteiger partial charge >= 0.3 is 0 Å². The van der Waals surface area contributed by atoms with Crippen molar-refractivity contribution >= 4 is 38.3 Å². The number of ether oxygens (including phenoxy) is 1.